The molecule has 0 bridgehead atoms. The zero-order chi connectivity index (χ0) is 22.9. The first-order chi connectivity index (χ1) is 15.3. The number of aryl methyl sites for hydroxylation is 4. The largest absolute Gasteiger partial charge is 0.379 e. The molecule has 0 aliphatic carbocycles. The van der Waals surface area contributed by atoms with E-state index < -0.39 is 10.0 Å². The van der Waals surface area contributed by atoms with E-state index in [4.69, 9.17) is 4.74 Å². The second-order valence-electron chi connectivity index (χ2n) is 7.65. The van der Waals surface area contributed by atoms with Gasteiger partial charge in [-0.05, 0) is 39.0 Å². The van der Waals surface area contributed by atoms with Crippen LogP contribution in [0.15, 0.2) is 23.1 Å². The molecule has 1 fully saturated rings. The van der Waals surface area contributed by atoms with Crippen LogP contribution in [-0.2, 0) is 32.5 Å². The number of hydrogen-bond donors (Lipinski definition) is 1. The lowest BCUT2D eigenvalue weighted by molar-refractivity contribution is -0.116. The van der Waals surface area contributed by atoms with Gasteiger partial charge in [-0.25, -0.2) is 18.4 Å². The average molecular weight is 478 g/mol. The van der Waals surface area contributed by atoms with Crippen molar-refractivity contribution in [1.82, 2.24) is 18.8 Å². The van der Waals surface area contributed by atoms with Crippen LogP contribution < -0.4 is 5.32 Å². The number of imidazole rings is 1. The van der Waals surface area contributed by atoms with E-state index in [2.05, 4.69) is 15.3 Å². The number of thiazole rings is 1. The van der Waals surface area contributed by atoms with Gasteiger partial charge >= 0.3 is 0 Å². The first kappa shape index (κ1) is 22.8. The Morgan fingerprint density at radius 2 is 1.97 bits per heavy atom. The smallest absolute Gasteiger partial charge is 0.243 e. The second-order valence-corrected chi connectivity index (χ2v) is 10.8. The Morgan fingerprint density at radius 1 is 1.22 bits per heavy atom. The molecule has 4 rings (SSSR count). The van der Waals surface area contributed by atoms with E-state index in [1.54, 1.807) is 18.2 Å². The molecule has 1 saturated heterocycles. The summed E-state index contributed by atoms with van der Waals surface area (Å²) in [6, 6.07) is 5.05. The number of ether oxygens (including phenoxy) is 1. The number of sulfonamides is 1. The molecule has 1 aliphatic heterocycles. The van der Waals surface area contributed by atoms with Crippen molar-refractivity contribution >= 4 is 43.4 Å². The monoisotopic (exact) mass is 477 g/mol. The van der Waals surface area contributed by atoms with Crippen molar-refractivity contribution in [1.29, 1.82) is 0 Å². The first-order valence-electron chi connectivity index (χ1n) is 10.6. The van der Waals surface area contributed by atoms with Gasteiger partial charge < -0.3 is 14.6 Å². The molecule has 1 N–H and O–H groups in total. The summed E-state index contributed by atoms with van der Waals surface area (Å²) in [5.41, 5.74) is 2.39. The molecule has 1 amide bonds. The van der Waals surface area contributed by atoms with Crippen molar-refractivity contribution < 1.29 is 17.9 Å². The highest BCUT2D eigenvalue weighted by atomic mass is 32.2. The highest BCUT2D eigenvalue weighted by molar-refractivity contribution is 7.89. The Hall–Kier alpha value is -2.34. The molecular formula is C21H27N5O4S2. The van der Waals surface area contributed by atoms with Gasteiger partial charge in [0.1, 0.15) is 5.82 Å². The number of morpholine rings is 1. The predicted octanol–water partition coefficient (Wildman–Crippen LogP) is 2.72. The molecule has 11 heteroatoms. The predicted molar refractivity (Wildman–Crippen MR) is 124 cm³/mol. The van der Waals surface area contributed by atoms with Gasteiger partial charge in [0.25, 0.3) is 0 Å². The van der Waals surface area contributed by atoms with E-state index in [0.29, 0.717) is 49.9 Å². The zero-order valence-corrected chi connectivity index (χ0v) is 20.1. The van der Waals surface area contributed by atoms with Gasteiger partial charge in [0, 0.05) is 37.4 Å². The van der Waals surface area contributed by atoms with Crippen molar-refractivity contribution in [2.45, 2.75) is 45.1 Å². The topological polar surface area (TPSA) is 106 Å². The molecule has 1 aliphatic rings. The Balaban J connectivity index is 1.52. The maximum atomic E-state index is 13.0. The fourth-order valence-corrected chi connectivity index (χ4v) is 5.99. The number of nitrogens with zero attached hydrogens (tertiary/aromatic N) is 4. The SMILES string of the molecule is CCn1c(CCC(=O)Nc2nc(C)c(C)s2)nc2cc(S(=O)(=O)N3CCOCC3)ccc21. The summed E-state index contributed by atoms with van der Waals surface area (Å²) in [6.07, 6.45) is 0.711. The highest BCUT2D eigenvalue weighted by Crippen LogP contribution is 2.25. The molecule has 9 nitrogen and oxygen atoms in total. The Labute approximate surface area is 191 Å². The zero-order valence-electron chi connectivity index (χ0n) is 18.4. The van der Waals surface area contributed by atoms with Crippen LogP contribution in [0, 0.1) is 13.8 Å². The number of nitrogens with one attached hydrogen (secondary N) is 1. The molecule has 0 unspecified atom stereocenters. The van der Waals surface area contributed by atoms with Gasteiger partial charge in [-0.3, -0.25) is 4.79 Å². The number of fused-ring (bicyclic) bond motifs is 1. The molecule has 2 aromatic heterocycles. The van der Waals surface area contributed by atoms with Crippen molar-refractivity contribution in [3.05, 3.63) is 34.6 Å². The molecule has 0 radical (unpaired) electrons. The lowest BCUT2D eigenvalue weighted by Gasteiger charge is -2.26. The van der Waals surface area contributed by atoms with E-state index in [0.717, 1.165) is 21.9 Å². The number of carbonyl (C=O) groups excluding carboxylic acids is 1. The number of carbonyl (C=O) groups is 1. The average Bonchev–Trinajstić information content (AvgIpc) is 3.30. The quantitative estimate of drug-likeness (QED) is 0.561. The molecule has 1 aromatic carbocycles. The van der Waals surface area contributed by atoms with Gasteiger partial charge in [0.05, 0.1) is 34.8 Å². The Morgan fingerprint density at radius 3 is 2.62 bits per heavy atom. The van der Waals surface area contributed by atoms with Gasteiger partial charge in [0.2, 0.25) is 15.9 Å². The number of amides is 1. The van der Waals surface area contributed by atoms with Crippen LogP contribution in [0.4, 0.5) is 5.13 Å². The maximum Gasteiger partial charge on any atom is 0.243 e. The molecule has 0 atom stereocenters. The molecule has 0 spiro atoms. The van der Waals surface area contributed by atoms with E-state index in [1.165, 1.54) is 15.6 Å². The molecule has 32 heavy (non-hydrogen) atoms. The second kappa shape index (κ2) is 9.26. The number of rotatable bonds is 7. The highest BCUT2D eigenvalue weighted by Gasteiger charge is 2.27. The molecule has 3 heterocycles. The van der Waals surface area contributed by atoms with Crippen LogP contribution in [0.1, 0.15) is 29.7 Å². The normalized spacial score (nSPS) is 15.3. The summed E-state index contributed by atoms with van der Waals surface area (Å²) in [4.78, 5) is 22.7. The minimum absolute atomic E-state index is 0.121. The number of hydrogen-bond acceptors (Lipinski definition) is 7. The minimum atomic E-state index is -3.59. The lowest BCUT2D eigenvalue weighted by Crippen LogP contribution is -2.40. The minimum Gasteiger partial charge on any atom is -0.379 e. The third kappa shape index (κ3) is 4.56. The summed E-state index contributed by atoms with van der Waals surface area (Å²) >= 11 is 1.46. The summed E-state index contributed by atoms with van der Waals surface area (Å²) in [5.74, 6) is 0.633. The van der Waals surface area contributed by atoms with Gasteiger partial charge in [0.15, 0.2) is 5.13 Å². The van der Waals surface area contributed by atoms with Gasteiger partial charge in [-0.15, -0.1) is 11.3 Å². The third-order valence-corrected chi connectivity index (χ3v) is 8.46. The van der Waals surface area contributed by atoms with Crippen LogP contribution in [-0.4, -0.2) is 59.5 Å². The molecule has 3 aromatic rings. The summed E-state index contributed by atoms with van der Waals surface area (Å²) in [6.45, 7) is 8.07. The fraction of sp³-hybridized carbons (Fsp3) is 0.476. The van der Waals surface area contributed by atoms with E-state index >= 15 is 0 Å². The molecular weight excluding hydrogens is 450 g/mol. The van der Waals surface area contributed by atoms with Gasteiger partial charge in [-0.2, -0.15) is 4.31 Å². The lowest BCUT2D eigenvalue weighted by atomic mass is 10.3. The summed E-state index contributed by atoms with van der Waals surface area (Å²) in [5, 5.41) is 3.45. The van der Waals surface area contributed by atoms with Crippen molar-refractivity contribution in [2.24, 2.45) is 0 Å². The van der Waals surface area contributed by atoms with Crippen LogP contribution >= 0.6 is 11.3 Å². The summed E-state index contributed by atoms with van der Waals surface area (Å²) < 4.78 is 34.7. The van der Waals surface area contributed by atoms with Crippen molar-refractivity contribution in [3.63, 3.8) is 0 Å². The molecule has 0 saturated carbocycles. The van der Waals surface area contributed by atoms with Crippen LogP contribution in [0.2, 0.25) is 0 Å². The fourth-order valence-electron chi connectivity index (χ4n) is 3.73. The van der Waals surface area contributed by atoms with E-state index in [1.807, 2.05) is 25.3 Å². The standard InChI is InChI=1S/C21H27N5O4S2/c1-4-26-18-6-5-16(32(28,29)25-9-11-30-12-10-25)13-17(18)23-19(26)7-8-20(27)24-21-22-14(2)15(3)31-21/h5-6,13H,4,7-12H2,1-3H3,(H,22,24,27). The van der Waals surface area contributed by atoms with Crippen molar-refractivity contribution in [2.75, 3.05) is 31.6 Å². The van der Waals surface area contributed by atoms with Crippen LogP contribution in [0.5, 0.6) is 0 Å². The Bertz CT molecular complexity index is 1220. The number of aromatic nitrogens is 3. The van der Waals surface area contributed by atoms with E-state index in [9.17, 15) is 13.2 Å². The number of benzene rings is 1. The van der Waals surface area contributed by atoms with Crippen LogP contribution in [0.3, 0.4) is 0 Å². The van der Waals surface area contributed by atoms with Crippen LogP contribution in [0.25, 0.3) is 11.0 Å². The third-order valence-electron chi connectivity index (χ3n) is 5.57. The van der Waals surface area contributed by atoms with Crippen molar-refractivity contribution in [3.8, 4) is 0 Å². The Kier molecular flexibility index (Phi) is 6.61. The first-order valence-corrected chi connectivity index (χ1v) is 12.9. The number of anilines is 1. The van der Waals surface area contributed by atoms with E-state index in [-0.39, 0.29) is 17.2 Å². The summed E-state index contributed by atoms with van der Waals surface area (Å²) in [7, 11) is -3.59. The van der Waals surface area contributed by atoms with Gasteiger partial charge in [-0.1, -0.05) is 0 Å². The molecule has 172 valence electrons. The maximum absolute atomic E-state index is 13.0.